The first-order valence-electron chi connectivity index (χ1n) is 8.78. The van der Waals surface area contributed by atoms with Crippen LogP contribution < -0.4 is 11.5 Å². The minimum atomic E-state index is -0.778. The highest BCUT2D eigenvalue weighted by molar-refractivity contribution is 8.03. The van der Waals surface area contributed by atoms with E-state index in [-0.39, 0.29) is 0 Å². The van der Waals surface area contributed by atoms with Crippen molar-refractivity contribution in [2.24, 2.45) is 5.73 Å². The highest BCUT2D eigenvalue weighted by atomic mass is 32.2. The highest BCUT2D eigenvalue weighted by Gasteiger charge is 2.18. The summed E-state index contributed by atoms with van der Waals surface area (Å²) in [7, 11) is 0. The van der Waals surface area contributed by atoms with Gasteiger partial charge in [-0.25, -0.2) is 0 Å². The Balaban J connectivity index is 2.02. The van der Waals surface area contributed by atoms with E-state index >= 15 is 0 Å². The lowest BCUT2D eigenvalue weighted by molar-refractivity contribution is 0.219. The van der Waals surface area contributed by atoms with Crippen LogP contribution in [0, 0.1) is 18.3 Å². The molecule has 0 heterocycles. The SMILES string of the molecule is Cc1c(/C(C#N)=C(\N)Sc2ccccc2N)cccc1C(O)c1ccccc1. The molecule has 1 unspecified atom stereocenters. The van der Waals surface area contributed by atoms with Gasteiger partial charge in [-0.3, -0.25) is 0 Å². The Kier molecular flexibility index (Phi) is 6.05. The molecule has 5 heteroatoms. The molecule has 140 valence electrons. The summed E-state index contributed by atoms with van der Waals surface area (Å²) in [4.78, 5) is 0.797. The van der Waals surface area contributed by atoms with Gasteiger partial charge in [-0.1, -0.05) is 72.4 Å². The van der Waals surface area contributed by atoms with Gasteiger partial charge in [-0.15, -0.1) is 0 Å². The molecule has 5 N–H and O–H groups in total. The predicted molar refractivity (Wildman–Crippen MR) is 115 cm³/mol. The maximum Gasteiger partial charge on any atom is 0.104 e. The van der Waals surface area contributed by atoms with Crippen LogP contribution in [0.15, 0.2) is 82.7 Å². The van der Waals surface area contributed by atoms with Crippen LogP contribution in [-0.2, 0) is 0 Å². The van der Waals surface area contributed by atoms with E-state index in [0.717, 1.165) is 21.6 Å². The molecule has 0 aliphatic rings. The number of rotatable bonds is 5. The van der Waals surface area contributed by atoms with Crippen molar-refractivity contribution < 1.29 is 5.11 Å². The fraction of sp³-hybridized carbons (Fsp3) is 0.0870. The van der Waals surface area contributed by atoms with Gasteiger partial charge >= 0.3 is 0 Å². The molecule has 0 fully saturated rings. The zero-order valence-electron chi connectivity index (χ0n) is 15.5. The van der Waals surface area contributed by atoms with Crippen LogP contribution in [0.1, 0.15) is 28.4 Å². The molecular formula is C23H21N3OS. The number of allylic oxidation sites excluding steroid dienone is 1. The van der Waals surface area contributed by atoms with Crippen molar-refractivity contribution in [1.29, 1.82) is 5.26 Å². The summed E-state index contributed by atoms with van der Waals surface area (Å²) in [5.74, 6) is 0. The average Bonchev–Trinajstić information content (AvgIpc) is 2.71. The Bertz CT molecular complexity index is 1050. The molecular weight excluding hydrogens is 366 g/mol. The van der Waals surface area contributed by atoms with E-state index in [1.54, 1.807) is 6.07 Å². The molecule has 0 spiro atoms. The summed E-state index contributed by atoms with van der Waals surface area (Å²) < 4.78 is 0. The van der Waals surface area contributed by atoms with Crippen LogP contribution in [-0.4, -0.2) is 5.11 Å². The van der Waals surface area contributed by atoms with Gasteiger partial charge in [0.1, 0.15) is 12.2 Å². The number of hydrogen-bond acceptors (Lipinski definition) is 5. The topological polar surface area (TPSA) is 96.1 Å². The number of thioether (sulfide) groups is 1. The number of aliphatic hydroxyl groups excluding tert-OH is 1. The molecule has 0 aliphatic heterocycles. The Labute approximate surface area is 169 Å². The number of nitrogens with zero attached hydrogens (tertiary/aromatic N) is 1. The number of aliphatic hydroxyl groups is 1. The first-order valence-corrected chi connectivity index (χ1v) is 9.59. The molecule has 3 aromatic carbocycles. The monoisotopic (exact) mass is 387 g/mol. The van der Waals surface area contributed by atoms with Crippen LogP contribution in [0.3, 0.4) is 0 Å². The Morgan fingerprint density at radius 3 is 2.36 bits per heavy atom. The van der Waals surface area contributed by atoms with E-state index in [4.69, 9.17) is 11.5 Å². The highest BCUT2D eigenvalue weighted by Crippen LogP contribution is 2.35. The van der Waals surface area contributed by atoms with Crippen LogP contribution in [0.25, 0.3) is 5.57 Å². The summed E-state index contributed by atoms with van der Waals surface area (Å²) in [5, 5.41) is 21.0. The average molecular weight is 388 g/mol. The van der Waals surface area contributed by atoms with Gasteiger partial charge in [0.15, 0.2) is 0 Å². The molecule has 0 saturated heterocycles. The summed E-state index contributed by atoms with van der Waals surface area (Å²) in [6.45, 7) is 1.89. The lowest BCUT2D eigenvalue weighted by atomic mass is 9.92. The second-order valence-corrected chi connectivity index (χ2v) is 7.41. The minimum absolute atomic E-state index is 0.368. The first kappa shape index (κ1) is 19.6. The smallest absolute Gasteiger partial charge is 0.104 e. The molecule has 0 bridgehead atoms. The summed E-state index contributed by atoms with van der Waals surface area (Å²) >= 11 is 1.26. The molecule has 0 radical (unpaired) electrons. The Hall–Kier alpha value is -3.20. The molecule has 0 aliphatic carbocycles. The lowest BCUT2D eigenvalue weighted by Crippen LogP contribution is -2.05. The van der Waals surface area contributed by atoms with Crippen molar-refractivity contribution in [2.45, 2.75) is 17.9 Å². The molecule has 28 heavy (non-hydrogen) atoms. The van der Waals surface area contributed by atoms with E-state index in [1.165, 1.54) is 11.8 Å². The summed E-state index contributed by atoms with van der Waals surface area (Å²) in [6.07, 6.45) is -0.778. The maximum absolute atomic E-state index is 10.8. The largest absolute Gasteiger partial charge is 0.398 e. The number of hydrogen-bond donors (Lipinski definition) is 3. The summed E-state index contributed by atoms with van der Waals surface area (Å²) in [5.41, 5.74) is 16.3. The summed E-state index contributed by atoms with van der Waals surface area (Å²) in [6, 6.07) is 24.6. The van der Waals surface area contributed by atoms with Crippen LogP contribution in [0.4, 0.5) is 5.69 Å². The number of nitrogen functional groups attached to an aromatic ring is 1. The van der Waals surface area contributed by atoms with Gasteiger partial charge in [0.2, 0.25) is 0 Å². The molecule has 3 aromatic rings. The van der Waals surface area contributed by atoms with E-state index in [0.29, 0.717) is 21.9 Å². The molecule has 1 atom stereocenters. The second-order valence-electron chi connectivity index (χ2n) is 6.32. The molecule has 0 amide bonds. The zero-order chi connectivity index (χ0) is 20.1. The fourth-order valence-electron chi connectivity index (χ4n) is 3.03. The third kappa shape index (κ3) is 4.04. The van der Waals surface area contributed by atoms with Crippen molar-refractivity contribution in [3.05, 3.63) is 100 Å². The maximum atomic E-state index is 10.8. The minimum Gasteiger partial charge on any atom is -0.398 e. The number of anilines is 1. The van der Waals surface area contributed by atoms with Gasteiger partial charge in [-0.05, 0) is 41.3 Å². The van der Waals surface area contributed by atoms with E-state index in [1.807, 2.05) is 73.7 Å². The third-order valence-corrected chi connectivity index (χ3v) is 5.57. The molecule has 0 saturated carbocycles. The number of nitriles is 1. The quantitative estimate of drug-likeness (QED) is 0.338. The van der Waals surface area contributed by atoms with Crippen LogP contribution >= 0.6 is 11.8 Å². The van der Waals surface area contributed by atoms with Crippen molar-refractivity contribution in [1.82, 2.24) is 0 Å². The van der Waals surface area contributed by atoms with Crippen LogP contribution in [0.2, 0.25) is 0 Å². The molecule has 3 rings (SSSR count). The van der Waals surface area contributed by atoms with Gasteiger partial charge < -0.3 is 16.6 Å². The van der Waals surface area contributed by atoms with Gasteiger partial charge in [-0.2, -0.15) is 5.26 Å². The third-order valence-electron chi connectivity index (χ3n) is 4.55. The normalized spacial score (nSPS) is 12.8. The van der Waals surface area contributed by atoms with Gasteiger partial charge in [0.05, 0.1) is 10.6 Å². The second kappa shape index (κ2) is 8.66. The Morgan fingerprint density at radius 2 is 1.68 bits per heavy atom. The Morgan fingerprint density at radius 1 is 1.00 bits per heavy atom. The number of nitrogens with two attached hydrogens (primary N) is 2. The van der Waals surface area contributed by atoms with Gasteiger partial charge in [0, 0.05) is 10.6 Å². The van der Waals surface area contributed by atoms with Crippen molar-refractivity contribution in [3.63, 3.8) is 0 Å². The van der Waals surface area contributed by atoms with Crippen LogP contribution in [0.5, 0.6) is 0 Å². The van der Waals surface area contributed by atoms with E-state index < -0.39 is 6.10 Å². The number of para-hydroxylation sites is 1. The standard InChI is InChI=1S/C23H21N3OS/c1-15-17(10-7-11-18(15)22(27)16-8-3-2-4-9-16)19(14-24)23(26)28-21-13-6-5-12-20(21)25/h2-13,22,27H,25-26H2,1H3/b23-19+. The van der Waals surface area contributed by atoms with Crippen molar-refractivity contribution in [3.8, 4) is 6.07 Å². The van der Waals surface area contributed by atoms with E-state index in [2.05, 4.69) is 6.07 Å². The number of benzene rings is 3. The molecule has 4 nitrogen and oxygen atoms in total. The van der Waals surface area contributed by atoms with E-state index in [9.17, 15) is 10.4 Å². The lowest BCUT2D eigenvalue weighted by Gasteiger charge is -2.17. The van der Waals surface area contributed by atoms with Gasteiger partial charge in [0.25, 0.3) is 0 Å². The first-order chi connectivity index (χ1) is 13.5. The predicted octanol–water partition coefficient (Wildman–Crippen LogP) is 4.60. The fourth-order valence-corrected chi connectivity index (χ4v) is 3.85. The zero-order valence-corrected chi connectivity index (χ0v) is 16.3. The molecule has 0 aromatic heterocycles. The van der Waals surface area contributed by atoms with Crippen molar-refractivity contribution >= 4 is 23.0 Å². The van der Waals surface area contributed by atoms with Crippen molar-refractivity contribution in [2.75, 3.05) is 5.73 Å².